The van der Waals surface area contributed by atoms with Crippen molar-refractivity contribution in [1.29, 1.82) is 0 Å². The molecule has 0 fully saturated rings. The lowest BCUT2D eigenvalue weighted by Gasteiger charge is -2.15. The van der Waals surface area contributed by atoms with Gasteiger partial charge in [-0.1, -0.05) is 40.2 Å². The highest BCUT2D eigenvalue weighted by Crippen LogP contribution is 2.21. The minimum Gasteiger partial charge on any atom is -0.207 e. The molecule has 0 bridgehead atoms. The summed E-state index contributed by atoms with van der Waals surface area (Å²) in [5.41, 5.74) is 0.791. The van der Waals surface area contributed by atoms with Gasteiger partial charge in [0.15, 0.2) is 0 Å². The largest absolute Gasteiger partial charge is 0.244 e. The van der Waals surface area contributed by atoms with Gasteiger partial charge in [0.2, 0.25) is 10.0 Å². The molecule has 2 aromatic rings. The molecule has 0 amide bonds. The fraction of sp³-hybridized carbons (Fsp3) is 0.143. The first-order chi connectivity index (χ1) is 9.40. The van der Waals surface area contributed by atoms with Crippen LogP contribution in [0.3, 0.4) is 0 Å². The van der Waals surface area contributed by atoms with Crippen molar-refractivity contribution in [1.82, 2.24) is 4.72 Å². The number of hydrogen-bond donors (Lipinski definition) is 1. The Balaban J connectivity index is 2.27. The quantitative estimate of drug-likeness (QED) is 0.907. The van der Waals surface area contributed by atoms with Gasteiger partial charge in [0.1, 0.15) is 10.7 Å². The molecule has 1 atom stereocenters. The van der Waals surface area contributed by atoms with E-state index in [0.29, 0.717) is 0 Å². The van der Waals surface area contributed by atoms with E-state index < -0.39 is 21.9 Å². The summed E-state index contributed by atoms with van der Waals surface area (Å²) < 4.78 is 41.2. The molecule has 106 valence electrons. The number of sulfonamides is 1. The predicted octanol–water partition coefficient (Wildman–Crippen LogP) is 3.63. The number of hydrogen-bond acceptors (Lipinski definition) is 2. The second-order valence-electron chi connectivity index (χ2n) is 4.33. The van der Waals surface area contributed by atoms with Gasteiger partial charge in [-0.05, 0) is 36.8 Å². The molecule has 0 aliphatic carbocycles. The zero-order valence-corrected chi connectivity index (χ0v) is 13.1. The normalized spacial score (nSPS) is 13.2. The van der Waals surface area contributed by atoms with Crippen LogP contribution in [0.4, 0.5) is 4.39 Å². The Labute approximate surface area is 126 Å². The lowest BCUT2D eigenvalue weighted by Crippen LogP contribution is -2.27. The van der Waals surface area contributed by atoms with Crippen LogP contribution in [0, 0.1) is 5.82 Å². The van der Waals surface area contributed by atoms with Gasteiger partial charge in [-0.3, -0.25) is 0 Å². The van der Waals surface area contributed by atoms with Crippen molar-refractivity contribution in [3.63, 3.8) is 0 Å². The molecule has 2 rings (SSSR count). The van der Waals surface area contributed by atoms with Crippen LogP contribution < -0.4 is 4.72 Å². The van der Waals surface area contributed by atoms with E-state index in [4.69, 9.17) is 0 Å². The molecular weight excluding hydrogens is 345 g/mol. The third-order valence-electron chi connectivity index (χ3n) is 2.81. The Hall–Kier alpha value is -1.24. The van der Waals surface area contributed by atoms with Gasteiger partial charge >= 0.3 is 0 Å². The molecule has 3 nitrogen and oxygen atoms in total. The molecule has 0 aliphatic heterocycles. The molecule has 0 radical (unpaired) electrons. The molecule has 20 heavy (non-hydrogen) atoms. The van der Waals surface area contributed by atoms with E-state index in [0.717, 1.165) is 16.1 Å². The average Bonchev–Trinajstić information content (AvgIpc) is 2.38. The molecule has 0 spiro atoms. The lowest BCUT2D eigenvalue weighted by atomic mass is 10.1. The van der Waals surface area contributed by atoms with Crippen LogP contribution in [0.2, 0.25) is 0 Å². The molecule has 1 N–H and O–H groups in total. The Morgan fingerprint density at radius 1 is 1.15 bits per heavy atom. The second kappa shape index (κ2) is 6.03. The summed E-state index contributed by atoms with van der Waals surface area (Å²) in [4.78, 5) is -0.346. The van der Waals surface area contributed by atoms with Crippen molar-refractivity contribution < 1.29 is 12.8 Å². The predicted molar refractivity (Wildman–Crippen MR) is 79.3 cm³/mol. The fourth-order valence-corrected chi connectivity index (χ4v) is 3.53. The van der Waals surface area contributed by atoms with Crippen LogP contribution in [0.5, 0.6) is 0 Å². The van der Waals surface area contributed by atoms with E-state index in [2.05, 4.69) is 20.7 Å². The van der Waals surface area contributed by atoms with E-state index in [1.165, 1.54) is 18.2 Å². The molecule has 0 saturated carbocycles. The summed E-state index contributed by atoms with van der Waals surface area (Å²) in [6, 6.07) is 12.1. The maximum absolute atomic E-state index is 13.6. The highest BCUT2D eigenvalue weighted by molar-refractivity contribution is 9.10. The molecular formula is C14H13BrFNO2S. The summed E-state index contributed by atoms with van der Waals surface area (Å²) in [5.74, 6) is -0.763. The Morgan fingerprint density at radius 2 is 1.85 bits per heavy atom. The summed E-state index contributed by atoms with van der Waals surface area (Å²) >= 11 is 3.33. The van der Waals surface area contributed by atoms with Crippen LogP contribution >= 0.6 is 15.9 Å². The number of nitrogens with one attached hydrogen (secondary N) is 1. The van der Waals surface area contributed by atoms with Crippen LogP contribution in [0.1, 0.15) is 18.5 Å². The Bertz CT molecular complexity index is 719. The van der Waals surface area contributed by atoms with Crippen LogP contribution in [0.25, 0.3) is 0 Å². The monoisotopic (exact) mass is 357 g/mol. The number of halogens is 2. The minimum absolute atomic E-state index is 0.346. The molecule has 1 unspecified atom stereocenters. The SMILES string of the molecule is CC(NS(=O)(=O)c1ccccc1F)c1cccc(Br)c1. The number of rotatable bonds is 4. The third-order valence-corrected chi connectivity index (χ3v) is 4.87. The van der Waals surface area contributed by atoms with E-state index in [-0.39, 0.29) is 4.90 Å². The standard InChI is InChI=1S/C14H13BrFNO2S/c1-10(11-5-4-6-12(15)9-11)17-20(18,19)14-8-3-2-7-13(14)16/h2-10,17H,1H3. The zero-order valence-electron chi connectivity index (χ0n) is 10.7. The summed E-state index contributed by atoms with van der Waals surface area (Å²) in [6.45, 7) is 1.71. The van der Waals surface area contributed by atoms with E-state index in [1.807, 2.05) is 18.2 Å². The number of benzene rings is 2. The lowest BCUT2D eigenvalue weighted by molar-refractivity contribution is 0.547. The van der Waals surface area contributed by atoms with Crippen LogP contribution in [-0.2, 0) is 10.0 Å². The van der Waals surface area contributed by atoms with Gasteiger partial charge < -0.3 is 0 Å². The van der Waals surface area contributed by atoms with Crippen molar-refractivity contribution in [2.75, 3.05) is 0 Å². The molecule has 0 aromatic heterocycles. The van der Waals surface area contributed by atoms with Gasteiger partial charge in [-0.15, -0.1) is 0 Å². The molecule has 0 aliphatic rings. The maximum atomic E-state index is 13.6. The second-order valence-corrected chi connectivity index (χ2v) is 6.93. The van der Waals surface area contributed by atoms with Crippen molar-refractivity contribution in [3.8, 4) is 0 Å². The van der Waals surface area contributed by atoms with Crippen molar-refractivity contribution in [2.24, 2.45) is 0 Å². The summed E-state index contributed by atoms with van der Waals surface area (Å²) in [6.07, 6.45) is 0. The molecule has 6 heteroatoms. The van der Waals surface area contributed by atoms with Gasteiger partial charge in [-0.25, -0.2) is 17.5 Å². The van der Waals surface area contributed by atoms with Crippen molar-refractivity contribution >= 4 is 26.0 Å². The average molecular weight is 358 g/mol. The van der Waals surface area contributed by atoms with Gasteiger partial charge in [-0.2, -0.15) is 0 Å². The fourth-order valence-electron chi connectivity index (χ4n) is 1.80. The first-order valence-electron chi connectivity index (χ1n) is 5.92. The minimum atomic E-state index is -3.89. The third kappa shape index (κ3) is 3.45. The van der Waals surface area contributed by atoms with Crippen molar-refractivity contribution in [3.05, 3.63) is 64.4 Å². The summed E-state index contributed by atoms with van der Waals surface area (Å²) in [5, 5.41) is 0. The Morgan fingerprint density at radius 3 is 2.50 bits per heavy atom. The first kappa shape index (κ1) is 15.2. The van der Waals surface area contributed by atoms with Gasteiger partial charge in [0, 0.05) is 10.5 Å². The molecule has 0 heterocycles. The summed E-state index contributed by atoms with van der Waals surface area (Å²) in [7, 11) is -3.89. The van der Waals surface area contributed by atoms with Crippen molar-refractivity contribution in [2.45, 2.75) is 17.9 Å². The zero-order chi connectivity index (χ0) is 14.8. The van der Waals surface area contributed by atoms with Crippen LogP contribution in [-0.4, -0.2) is 8.42 Å². The first-order valence-corrected chi connectivity index (χ1v) is 8.20. The highest BCUT2D eigenvalue weighted by Gasteiger charge is 2.21. The highest BCUT2D eigenvalue weighted by atomic mass is 79.9. The van der Waals surface area contributed by atoms with E-state index >= 15 is 0 Å². The van der Waals surface area contributed by atoms with Gasteiger partial charge in [0.05, 0.1) is 0 Å². The topological polar surface area (TPSA) is 46.2 Å². The smallest absolute Gasteiger partial charge is 0.207 e. The van der Waals surface area contributed by atoms with E-state index in [1.54, 1.807) is 13.0 Å². The Kier molecular flexibility index (Phi) is 4.57. The molecule has 2 aromatic carbocycles. The van der Waals surface area contributed by atoms with Crippen LogP contribution in [0.15, 0.2) is 57.9 Å². The van der Waals surface area contributed by atoms with Gasteiger partial charge in [0.25, 0.3) is 0 Å². The van der Waals surface area contributed by atoms with E-state index in [9.17, 15) is 12.8 Å². The maximum Gasteiger partial charge on any atom is 0.244 e. The molecule has 0 saturated heterocycles.